The first-order valence-electron chi connectivity index (χ1n) is 6.28. The molecule has 20 heavy (non-hydrogen) atoms. The summed E-state index contributed by atoms with van der Waals surface area (Å²) in [6, 6.07) is 7.93. The van der Waals surface area contributed by atoms with E-state index in [-0.39, 0.29) is 16.7 Å². The van der Waals surface area contributed by atoms with Crippen LogP contribution in [0.2, 0.25) is 0 Å². The Bertz CT molecular complexity index is 615. The van der Waals surface area contributed by atoms with E-state index in [4.69, 9.17) is 5.26 Å². The number of benzene rings is 1. The van der Waals surface area contributed by atoms with Gasteiger partial charge in [0.25, 0.3) is 5.91 Å². The third kappa shape index (κ3) is 4.07. The second-order valence-electron chi connectivity index (χ2n) is 4.67. The van der Waals surface area contributed by atoms with Gasteiger partial charge < -0.3 is 4.90 Å². The lowest BCUT2D eigenvalue weighted by Gasteiger charge is -2.22. The fourth-order valence-corrected chi connectivity index (χ4v) is 2.38. The van der Waals surface area contributed by atoms with E-state index in [0.29, 0.717) is 18.7 Å². The van der Waals surface area contributed by atoms with Gasteiger partial charge in [0, 0.05) is 24.9 Å². The molecule has 0 saturated carbocycles. The minimum Gasteiger partial charge on any atom is -0.338 e. The third-order valence-corrected chi connectivity index (χ3v) is 4.04. The Morgan fingerprint density at radius 1 is 1.35 bits per heavy atom. The van der Waals surface area contributed by atoms with E-state index in [9.17, 15) is 13.2 Å². The summed E-state index contributed by atoms with van der Waals surface area (Å²) >= 11 is 0. The van der Waals surface area contributed by atoms with Gasteiger partial charge in [-0.2, -0.15) is 5.26 Å². The van der Waals surface area contributed by atoms with Crippen LogP contribution in [0.15, 0.2) is 29.2 Å². The molecule has 0 spiro atoms. The number of sulfone groups is 1. The van der Waals surface area contributed by atoms with Crippen LogP contribution in [0.5, 0.6) is 0 Å². The van der Waals surface area contributed by atoms with Crippen molar-refractivity contribution in [2.45, 2.75) is 18.7 Å². The minimum absolute atomic E-state index is 0.183. The lowest BCUT2D eigenvalue weighted by atomic mass is 10.1. The number of carbonyl (C=O) groups is 1. The Balaban J connectivity index is 2.94. The maximum Gasteiger partial charge on any atom is 0.253 e. The number of hydrogen-bond acceptors (Lipinski definition) is 4. The van der Waals surface area contributed by atoms with E-state index in [1.165, 1.54) is 24.3 Å². The summed E-state index contributed by atoms with van der Waals surface area (Å²) in [6.45, 7) is 4.45. The van der Waals surface area contributed by atoms with E-state index in [1.54, 1.807) is 11.8 Å². The first-order valence-corrected chi connectivity index (χ1v) is 8.17. The first-order chi connectivity index (χ1) is 9.29. The molecule has 6 heteroatoms. The molecule has 1 amide bonds. The Morgan fingerprint density at radius 3 is 2.30 bits per heavy atom. The summed E-state index contributed by atoms with van der Waals surface area (Å²) in [4.78, 5) is 14.0. The Labute approximate surface area is 119 Å². The van der Waals surface area contributed by atoms with Crippen LogP contribution < -0.4 is 0 Å². The molecular weight excluding hydrogens is 276 g/mol. The normalized spacial score (nSPS) is 12.5. The van der Waals surface area contributed by atoms with Gasteiger partial charge in [-0.25, -0.2) is 8.42 Å². The summed E-state index contributed by atoms with van der Waals surface area (Å²) in [7, 11) is -3.26. The molecule has 0 bridgehead atoms. The maximum atomic E-state index is 12.3. The molecule has 0 radical (unpaired) electrons. The predicted molar refractivity (Wildman–Crippen MR) is 75.9 cm³/mol. The topological polar surface area (TPSA) is 78.2 Å². The van der Waals surface area contributed by atoms with E-state index < -0.39 is 9.84 Å². The van der Waals surface area contributed by atoms with Crippen molar-refractivity contribution in [3.05, 3.63) is 29.8 Å². The zero-order valence-corrected chi connectivity index (χ0v) is 12.6. The second-order valence-corrected chi connectivity index (χ2v) is 6.69. The van der Waals surface area contributed by atoms with Gasteiger partial charge in [-0.3, -0.25) is 4.79 Å². The minimum atomic E-state index is -3.26. The highest BCUT2D eigenvalue weighted by atomic mass is 32.2. The molecule has 1 aromatic rings. The van der Waals surface area contributed by atoms with Gasteiger partial charge in [0.2, 0.25) is 0 Å². The molecule has 0 heterocycles. The SMILES string of the molecule is CCN(C[C@@H](C)C#N)C(=O)c1ccc(S(C)(=O)=O)cc1. The van der Waals surface area contributed by atoms with Gasteiger partial charge in [0.1, 0.15) is 0 Å². The average molecular weight is 294 g/mol. The largest absolute Gasteiger partial charge is 0.338 e. The Morgan fingerprint density at radius 2 is 1.90 bits per heavy atom. The fourth-order valence-electron chi connectivity index (χ4n) is 1.75. The number of nitrogens with zero attached hydrogens (tertiary/aromatic N) is 2. The summed E-state index contributed by atoms with van der Waals surface area (Å²) < 4.78 is 22.7. The molecule has 5 nitrogen and oxygen atoms in total. The fraction of sp³-hybridized carbons (Fsp3) is 0.429. The van der Waals surface area contributed by atoms with E-state index in [0.717, 1.165) is 6.26 Å². The summed E-state index contributed by atoms with van der Waals surface area (Å²) in [5.41, 5.74) is 0.421. The van der Waals surface area contributed by atoms with Gasteiger partial charge in [0.15, 0.2) is 9.84 Å². The van der Waals surface area contributed by atoms with Gasteiger partial charge >= 0.3 is 0 Å². The van der Waals surface area contributed by atoms with Crippen LogP contribution in [0.4, 0.5) is 0 Å². The van der Waals surface area contributed by atoms with Gasteiger partial charge in [-0.15, -0.1) is 0 Å². The monoisotopic (exact) mass is 294 g/mol. The number of amides is 1. The predicted octanol–water partition coefficient (Wildman–Crippen LogP) is 1.71. The molecule has 0 aromatic heterocycles. The molecule has 0 aliphatic rings. The number of rotatable bonds is 5. The second kappa shape index (κ2) is 6.53. The summed E-state index contributed by atoms with van der Waals surface area (Å²) in [6.07, 6.45) is 1.12. The van der Waals surface area contributed by atoms with Crippen molar-refractivity contribution in [1.82, 2.24) is 4.90 Å². The smallest absolute Gasteiger partial charge is 0.253 e. The van der Waals surface area contributed by atoms with Crippen molar-refractivity contribution in [2.24, 2.45) is 5.92 Å². The number of carbonyl (C=O) groups excluding carboxylic acids is 1. The lowest BCUT2D eigenvalue weighted by molar-refractivity contribution is 0.0752. The van der Waals surface area contributed by atoms with Crippen molar-refractivity contribution in [2.75, 3.05) is 19.3 Å². The first kappa shape index (κ1) is 16.2. The van der Waals surface area contributed by atoms with Crippen molar-refractivity contribution in [1.29, 1.82) is 5.26 Å². The third-order valence-electron chi connectivity index (χ3n) is 2.91. The van der Waals surface area contributed by atoms with Crippen LogP contribution in [0.1, 0.15) is 24.2 Å². The molecular formula is C14H18N2O3S. The molecule has 108 valence electrons. The van der Waals surface area contributed by atoms with Crippen LogP contribution in [0.25, 0.3) is 0 Å². The molecule has 1 aromatic carbocycles. The van der Waals surface area contributed by atoms with Crippen LogP contribution in [-0.2, 0) is 9.84 Å². The lowest BCUT2D eigenvalue weighted by Crippen LogP contribution is -2.34. The molecule has 1 rings (SSSR count). The Hall–Kier alpha value is -1.87. The highest BCUT2D eigenvalue weighted by molar-refractivity contribution is 7.90. The molecule has 0 N–H and O–H groups in total. The molecule has 0 aliphatic heterocycles. The zero-order valence-electron chi connectivity index (χ0n) is 11.8. The molecule has 0 aliphatic carbocycles. The van der Waals surface area contributed by atoms with Crippen LogP contribution >= 0.6 is 0 Å². The molecule has 0 saturated heterocycles. The Kier molecular flexibility index (Phi) is 5.28. The zero-order chi connectivity index (χ0) is 15.3. The number of nitriles is 1. The van der Waals surface area contributed by atoms with Gasteiger partial charge in [-0.05, 0) is 38.1 Å². The van der Waals surface area contributed by atoms with Crippen molar-refractivity contribution < 1.29 is 13.2 Å². The maximum absolute atomic E-state index is 12.3. The molecule has 0 fully saturated rings. The standard InChI is InChI=1S/C14H18N2O3S/c1-4-16(10-11(2)9-15)14(17)12-5-7-13(8-6-12)20(3,18)19/h5-8,11H,4,10H2,1-3H3/t11-/m0/s1. The molecule has 1 atom stereocenters. The average Bonchev–Trinajstić information content (AvgIpc) is 2.42. The van der Waals surface area contributed by atoms with Crippen molar-refractivity contribution in [3.8, 4) is 6.07 Å². The van der Waals surface area contributed by atoms with E-state index in [1.807, 2.05) is 6.92 Å². The number of hydrogen-bond donors (Lipinski definition) is 0. The van der Waals surface area contributed by atoms with Crippen molar-refractivity contribution in [3.63, 3.8) is 0 Å². The van der Waals surface area contributed by atoms with Crippen LogP contribution in [0, 0.1) is 17.2 Å². The molecule has 0 unspecified atom stereocenters. The van der Waals surface area contributed by atoms with Gasteiger partial charge in [-0.1, -0.05) is 0 Å². The van der Waals surface area contributed by atoms with Crippen molar-refractivity contribution >= 4 is 15.7 Å². The van der Waals surface area contributed by atoms with E-state index >= 15 is 0 Å². The highest BCUT2D eigenvalue weighted by Gasteiger charge is 2.17. The van der Waals surface area contributed by atoms with Crippen LogP contribution in [-0.4, -0.2) is 38.6 Å². The van der Waals surface area contributed by atoms with Gasteiger partial charge in [0.05, 0.1) is 16.9 Å². The highest BCUT2D eigenvalue weighted by Crippen LogP contribution is 2.13. The quantitative estimate of drug-likeness (QED) is 0.828. The van der Waals surface area contributed by atoms with E-state index in [2.05, 4.69) is 6.07 Å². The summed E-state index contributed by atoms with van der Waals surface area (Å²) in [5, 5.41) is 8.80. The van der Waals surface area contributed by atoms with Crippen LogP contribution in [0.3, 0.4) is 0 Å². The summed E-state index contributed by atoms with van der Waals surface area (Å²) in [5.74, 6) is -0.441.